The highest BCUT2D eigenvalue weighted by atomic mass is 35.5. The normalized spacial score (nSPS) is 14.6. The van der Waals surface area contributed by atoms with Gasteiger partial charge in [0.25, 0.3) is 0 Å². The summed E-state index contributed by atoms with van der Waals surface area (Å²) in [4.78, 5) is 13.5. The van der Waals surface area contributed by atoms with Crippen LogP contribution in [0.1, 0.15) is 11.1 Å². The van der Waals surface area contributed by atoms with Crippen LogP contribution >= 0.6 is 11.6 Å². The number of hydrogen-bond acceptors (Lipinski definition) is 3. The lowest BCUT2D eigenvalue weighted by molar-refractivity contribution is -0.120. The van der Waals surface area contributed by atoms with Crippen LogP contribution in [0.3, 0.4) is 0 Å². The molecule has 1 amide bonds. The van der Waals surface area contributed by atoms with E-state index in [1.807, 2.05) is 24.3 Å². The molecule has 6 heteroatoms. The first-order valence-corrected chi connectivity index (χ1v) is 8.25. The highest BCUT2D eigenvalue weighted by molar-refractivity contribution is 6.30. The van der Waals surface area contributed by atoms with Gasteiger partial charge in [-0.05, 0) is 35.9 Å². The fourth-order valence-electron chi connectivity index (χ4n) is 2.70. The van der Waals surface area contributed by atoms with Crippen molar-refractivity contribution in [3.8, 4) is 0 Å². The van der Waals surface area contributed by atoms with Crippen molar-refractivity contribution in [3.63, 3.8) is 0 Å². The summed E-state index contributed by atoms with van der Waals surface area (Å²) < 4.78 is 13.6. The number of hydrogen-bond donors (Lipinski definition) is 2. The molecule has 126 valence electrons. The van der Waals surface area contributed by atoms with Crippen molar-refractivity contribution in [2.75, 3.05) is 24.5 Å². The van der Waals surface area contributed by atoms with Crippen LogP contribution in [-0.4, -0.2) is 25.5 Å². The van der Waals surface area contributed by atoms with Gasteiger partial charge < -0.3 is 15.5 Å². The second-order valence-electron chi connectivity index (χ2n) is 5.78. The maximum Gasteiger partial charge on any atom is 0.239 e. The number of benzene rings is 2. The van der Waals surface area contributed by atoms with E-state index < -0.39 is 0 Å². The van der Waals surface area contributed by atoms with Crippen LogP contribution in [-0.2, 0) is 17.9 Å². The van der Waals surface area contributed by atoms with Crippen molar-refractivity contribution >= 4 is 23.2 Å². The van der Waals surface area contributed by atoms with Gasteiger partial charge in [-0.3, -0.25) is 4.79 Å². The van der Waals surface area contributed by atoms with Crippen LogP contribution in [0.4, 0.5) is 10.1 Å². The van der Waals surface area contributed by atoms with Crippen molar-refractivity contribution in [1.82, 2.24) is 10.6 Å². The molecule has 1 aliphatic heterocycles. The summed E-state index contributed by atoms with van der Waals surface area (Å²) >= 11 is 5.89. The standard InChI is InChI=1S/C18H19ClFN3O/c19-15-3-6-17(20)14(9-15)11-21-10-13-1-4-16(5-2-13)23-8-7-22-18(24)12-23/h1-6,9,21H,7-8,10-12H2,(H,22,24). The van der Waals surface area contributed by atoms with Crippen LogP contribution in [0.25, 0.3) is 0 Å². The van der Waals surface area contributed by atoms with E-state index in [1.54, 1.807) is 12.1 Å². The van der Waals surface area contributed by atoms with Crippen LogP contribution in [0.5, 0.6) is 0 Å². The number of amides is 1. The van der Waals surface area contributed by atoms with Gasteiger partial charge in [0.15, 0.2) is 0 Å². The SMILES string of the molecule is O=C1CN(c2ccc(CNCc3cc(Cl)ccc3F)cc2)CCN1. The van der Waals surface area contributed by atoms with Crippen molar-refractivity contribution in [2.24, 2.45) is 0 Å². The molecule has 2 N–H and O–H groups in total. The van der Waals surface area contributed by atoms with Crippen molar-refractivity contribution < 1.29 is 9.18 Å². The zero-order valence-corrected chi connectivity index (χ0v) is 13.9. The summed E-state index contributed by atoms with van der Waals surface area (Å²) in [6.45, 7) is 2.93. The Bertz CT molecular complexity index is 721. The number of carbonyl (C=O) groups is 1. The fraction of sp³-hybridized carbons (Fsp3) is 0.278. The maximum absolute atomic E-state index is 13.6. The topological polar surface area (TPSA) is 44.4 Å². The van der Waals surface area contributed by atoms with E-state index in [0.717, 1.165) is 17.8 Å². The molecule has 3 rings (SSSR count). The molecule has 2 aromatic rings. The third kappa shape index (κ3) is 4.24. The molecule has 1 fully saturated rings. The monoisotopic (exact) mass is 347 g/mol. The number of halogens is 2. The Hall–Kier alpha value is -2.11. The lowest BCUT2D eigenvalue weighted by Gasteiger charge is -2.28. The molecule has 1 heterocycles. The van der Waals surface area contributed by atoms with Gasteiger partial charge in [0.1, 0.15) is 5.82 Å². The summed E-state index contributed by atoms with van der Waals surface area (Å²) in [5.41, 5.74) is 2.69. The molecule has 0 radical (unpaired) electrons. The molecular weight excluding hydrogens is 329 g/mol. The Balaban J connectivity index is 1.54. The maximum atomic E-state index is 13.6. The number of rotatable bonds is 5. The van der Waals surface area contributed by atoms with E-state index in [9.17, 15) is 9.18 Å². The summed E-state index contributed by atoms with van der Waals surface area (Å²) in [6, 6.07) is 12.6. The molecule has 0 bridgehead atoms. The van der Waals surface area contributed by atoms with Crippen molar-refractivity contribution in [1.29, 1.82) is 0 Å². The Labute approximate surface area is 145 Å². The Morgan fingerprint density at radius 3 is 2.71 bits per heavy atom. The summed E-state index contributed by atoms with van der Waals surface area (Å²) in [5, 5.41) is 6.56. The average Bonchev–Trinajstić information content (AvgIpc) is 2.58. The quantitative estimate of drug-likeness (QED) is 0.874. The van der Waals surface area contributed by atoms with Gasteiger partial charge in [0, 0.05) is 42.5 Å². The van der Waals surface area contributed by atoms with Gasteiger partial charge >= 0.3 is 0 Å². The number of nitrogens with one attached hydrogen (secondary N) is 2. The van der Waals surface area contributed by atoms with Gasteiger partial charge in [0.05, 0.1) is 6.54 Å². The smallest absolute Gasteiger partial charge is 0.239 e. The van der Waals surface area contributed by atoms with Gasteiger partial charge in [-0.2, -0.15) is 0 Å². The minimum absolute atomic E-state index is 0.0514. The Morgan fingerprint density at radius 1 is 1.17 bits per heavy atom. The first-order chi connectivity index (χ1) is 11.6. The molecule has 0 saturated carbocycles. The largest absolute Gasteiger partial charge is 0.360 e. The van der Waals surface area contributed by atoms with E-state index in [1.165, 1.54) is 6.07 Å². The Morgan fingerprint density at radius 2 is 1.96 bits per heavy atom. The third-order valence-electron chi connectivity index (χ3n) is 3.99. The third-order valence-corrected chi connectivity index (χ3v) is 4.23. The molecule has 1 saturated heterocycles. The highest BCUT2D eigenvalue weighted by Crippen LogP contribution is 2.17. The van der Waals surface area contributed by atoms with Crippen LogP contribution in [0.15, 0.2) is 42.5 Å². The summed E-state index contributed by atoms with van der Waals surface area (Å²) in [6.07, 6.45) is 0. The molecule has 0 spiro atoms. The van der Waals surface area contributed by atoms with E-state index in [2.05, 4.69) is 15.5 Å². The highest BCUT2D eigenvalue weighted by Gasteiger charge is 2.16. The molecule has 0 atom stereocenters. The number of carbonyl (C=O) groups excluding carboxylic acids is 1. The average molecular weight is 348 g/mol. The minimum atomic E-state index is -0.259. The van der Waals surface area contributed by atoms with E-state index in [-0.39, 0.29) is 11.7 Å². The molecular formula is C18H19ClFN3O. The molecule has 4 nitrogen and oxygen atoms in total. The molecule has 0 aromatic heterocycles. The van der Waals surface area contributed by atoms with E-state index in [4.69, 9.17) is 11.6 Å². The van der Waals surface area contributed by atoms with Crippen molar-refractivity contribution in [2.45, 2.75) is 13.1 Å². The van der Waals surface area contributed by atoms with Gasteiger partial charge in [0.2, 0.25) is 5.91 Å². The van der Waals surface area contributed by atoms with Gasteiger partial charge in [-0.25, -0.2) is 4.39 Å². The minimum Gasteiger partial charge on any atom is -0.360 e. The second-order valence-corrected chi connectivity index (χ2v) is 6.21. The molecule has 0 aliphatic carbocycles. The fourth-order valence-corrected chi connectivity index (χ4v) is 2.90. The predicted octanol–water partition coefficient (Wildman–Crippen LogP) is 2.71. The van der Waals surface area contributed by atoms with E-state index in [0.29, 0.717) is 36.8 Å². The molecule has 2 aromatic carbocycles. The molecule has 1 aliphatic rings. The summed E-state index contributed by atoms with van der Waals surface area (Å²) in [5.74, 6) is -0.207. The molecule has 0 unspecified atom stereocenters. The van der Waals surface area contributed by atoms with Gasteiger partial charge in [-0.15, -0.1) is 0 Å². The zero-order chi connectivity index (χ0) is 16.9. The first-order valence-electron chi connectivity index (χ1n) is 7.87. The Kier molecular flexibility index (Phi) is 5.33. The lowest BCUT2D eigenvalue weighted by atomic mass is 10.1. The predicted molar refractivity (Wildman–Crippen MR) is 93.6 cm³/mol. The van der Waals surface area contributed by atoms with Crippen LogP contribution in [0.2, 0.25) is 5.02 Å². The molecule has 24 heavy (non-hydrogen) atoms. The zero-order valence-electron chi connectivity index (χ0n) is 13.2. The number of nitrogens with zero attached hydrogens (tertiary/aromatic N) is 1. The van der Waals surface area contributed by atoms with Crippen LogP contribution < -0.4 is 15.5 Å². The lowest BCUT2D eigenvalue weighted by Crippen LogP contribution is -2.47. The number of piperazine rings is 1. The van der Waals surface area contributed by atoms with E-state index >= 15 is 0 Å². The van der Waals surface area contributed by atoms with Crippen molar-refractivity contribution in [3.05, 3.63) is 64.4 Å². The second kappa shape index (κ2) is 7.64. The van der Waals surface area contributed by atoms with Crippen LogP contribution in [0, 0.1) is 5.82 Å². The number of anilines is 1. The first kappa shape index (κ1) is 16.7. The summed E-state index contributed by atoms with van der Waals surface area (Å²) in [7, 11) is 0. The van der Waals surface area contributed by atoms with Gasteiger partial charge in [-0.1, -0.05) is 23.7 Å².